The molecule has 0 radical (unpaired) electrons. The molecule has 1 fully saturated rings. The molecule has 0 saturated carbocycles. The van der Waals surface area contributed by atoms with Gasteiger partial charge < -0.3 is 4.90 Å². The third kappa shape index (κ3) is 3.11. The van der Waals surface area contributed by atoms with Gasteiger partial charge in [0.15, 0.2) is 5.82 Å². The van der Waals surface area contributed by atoms with Crippen molar-refractivity contribution in [3.05, 3.63) is 54.1 Å². The molecule has 1 aliphatic heterocycles. The van der Waals surface area contributed by atoms with Crippen LogP contribution in [0.4, 0.5) is 5.82 Å². The van der Waals surface area contributed by atoms with Crippen LogP contribution in [0.5, 0.6) is 0 Å². The van der Waals surface area contributed by atoms with Crippen molar-refractivity contribution in [2.24, 2.45) is 0 Å². The van der Waals surface area contributed by atoms with Crippen LogP contribution in [-0.4, -0.2) is 34.2 Å². The molecule has 6 nitrogen and oxygen atoms in total. The molecule has 4 rings (SSSR count). The van der Waals surface area contributed by atoms with Crippen molar-refractivity contribution in [1.82, 2.24) is 15.4 Å². The predicted octanol–water partition coefficient (Wildman–Crippen LogP) is 3.41. The second-order valence-electron chi connectivity index (χ2n) is 6.45. The Labute approximate surface area is 151 Å². The molecule has 6 heteroatoms. The van der Waals surface area contributed by atoms with Crippen molar-refractivity contribution in [3.8, 4) is 11.4 Å². The number of hydrogen-bond acceptors (Lipinski definition) is 5. The molecule has 3 aromatic rings. The highest BCUT2D eigenvalue weighted by Gasteiger charge is 2.17. The summed E-state index contributed by atoms with van der Waals surface area (Å²) in [4.78, 5) is 23.4. The number of nitrogens with zero attached hydrogens (tertiary/aromatic N) is 3. The molecule has 132 valence electrons. The van der Waals surface area contributed by atoms with Crippen LogP contribution in [0.15, 0.2) is 48.5 Å². The van der Waals surface area contributed by atoms with Gasteiger partial charge in [-0.05, 0) is 43.5 Å². The van der Waals surface area contributed by atoms with Crippen molar-refractivity contribution < 1.29 is 10.0 Å². The van der Waals surface area contributed by atoms with E-state index in [1.54, 1.807) is 29.7 Å². The zero-order valence-electron chi connectivity index (χ0n) is 14.4. The highest BCUT2D eigenvalue weighted by molar-refractivity contribution is 5.94. The highest BCUT2D eigenvalue weighted by atomic mass is 16.5. The van der Waals surface area contributed by atoms with E-state index in [0.717, 1.165) is 35.4 Å². The minimum atomic E-state index is -0.537. The topological polar surface area (TPSA) is 78.3 Å². The van der Waals surface area contributed by atoms with Crippen LogP contribution >= 0.6 is 0 Å². The first kappa shape index (κ1) is 16.5. The number of aromatic nitrogens is 2. The monoisotopic (exact) mass is 348 g/mol. The lowest BCUT2D eigenvalue weighted by molar-refractivity contribution is 0.0706. The highest BCUT2D eigenvalue weighted by Crippen LogP contribution is 2.29. The normalized spacial score (nSPS) is 14.4. The van der Waals surface area contributed by atoms with Crippen LogP contribution in [0.3, 0.4) is 0 Å². The van der Waals surface area contributed by atoms with Crippen LogP contribution < -0.4 is 10.4 Å². The van der Waals surface area contributed by atoms with Gasteiger partial charge in [0.2, 0.25) is 0 Å². The number of hydroxylamine groups is 1. The number of anilines is 1. The van der Waals surface area contributed by atoms with Crippen molar-refractivity contribution in [2.75, 3.05) is 18.0 Å². The molecule has 2 N–H and O–H groups in total. The summed E-state index contributed by atoms with van der Waals surface area (Å²) in [7, 11) is 0. The smallest absolute Gasteiger partial charge is 0.274 e. The molecule has 1 saturated heterocycles. The van der Waals surface area contributed by atoms with Crippen molar-refractivity contribution in [1.29, 1.82) is 0 Å². The first-order valence-corrected chi connectivity index (χ1v) is 8.83. The Morgan fingerprint density at radius 1 is 0.962 bits per heavy atom. The minimum absolute atomic E-state index is 0.383. The maximum Gasteiger partial charge on any atom is 0.274 e. The standard InChI is InChI=1S/C20H20N4O2/c25-20(23-26)15-10-8-14(9-11-15)18-21-17-7-3-2-6-16(17)19(22-18)24-12-4-1-5-13-24/h2-3,6-11,26H,1,4-5,12-13H2,(H,23,25). The predicted molar refractivity (Wildman–Crippen MR) is 100 cm³/mol. The molecule has 0 aliphatic carbocycles. The SMILES string of the molecule is O=C(NO)c1ccc(-c2nc(N3CCCCC3)c3ccccc3n2)cc1. The van der Waals surface area contributed by atoms with Gasteiger partial charge in [-0.2, -0.15) is 0 Å². The van der Waals surface area contributed by atoms with Gasteiger partial charge in [-0.1, -0.05) is 24.3 Å². The summed E-state index contributed by atoms with van der Waals surface area (Å²) in [6, 6.07) is 15.0. The van der Waals surface area contributed by atoms with E-state index >= 15 is 0 Å². The van der Waals surface area contributed by atoms with Crippen LogP contribution in [0.1, 0.15) is 29.6 Å². The fourth-order valence-electron chi connectivity index (χ4n) is 3.37. The molecule has 2 aromatic carbocycles. The fraction of sp³-hybridized carbons (Fsp3) is 0.250. The first-order valence-electron chi connectivity index (χ1n) is 8.83. The first-order chi connectivity index (χ1) is 12.8. The summed E-state index contributed by atoms with van der Waals surface area (Å²) in [5.74, 6) is 1.08. The summed E-state index contributed by atoms with van der Waals surface area (Å²) < 4.78 is 0. The number of hydrogen-bond donors (Lipinski definition) is 2. The number of carbonyl (C=O) groups excluding carboxylic acids is 1. The third-order valence-electron chi connectivity index (χ3n) is 4.75. The molecule has 26 heavy (non-hydrogen) atoms. The number of fused-ring (bicyclic) bond motifs is 1. The minimum Gasteiger partial charge on any atom is -0.356 e. The van der Waals surface area contributed by atoms with E-state index in [-0.39, 0.29) is 0 Å². The van der Waals surface area contributed by atoms with E-state index in [1.165, 1.54) is 19.3 Å². The molecule has 1 aromatic heterocycles. The molecule has 0 unspecified atom stereocenters. The zero-order chi connectivity index (χ0) is 17.9. The van der Waals surface area contributed by atoms with Gasteiger partial charge in [-0.15, -0.1) is 0 Å². The maximum atomic E-state index is 11.5. The van der Waals surface area contributed by atoms with Gasteiger partial charge in [-0.25, -0.2) is 15.4 Å². The van der Waals surface area contributed by atoms with Gasteiger partial charge in [0.25, 0.3) is 5.91 Å². The van der Waals surface area contributed by atoms with E-state index in [9.17, 15) is 4.79 Å². The van der Waals surface area contributed by atoms with Crippen molar-refractivity contribution >= 4 is 22.6 Å². The number of piperidine rings is 1. The fourth-order valence-corrected chi connectivity index (χ4v) is 3.37. The van der Waals surface area contributed by atoms with E-state index < -0.39 is 5.91 Å². The zero-order valence-corrected chi connectivity index (χ0v) is 14.4. The molecular weight excluding hydrogens is 328 g/mol. The van der Waals surface area contributed by atoms with Crippen LogP contribution in [0.2, 0.25) is 0 Å². The number of rotatable bonds is 3. The van der Waals surface area contributed by atoms with Gasteiger partial charge in [-0.3, -0.25) is 10.0 Å². The number of carbonyl (C=O) groups is 1. The van der Waals surface area contributed by atoms with E-state index in [2.05, 4.69) is 11.0 Å². The molecular formula is C20H20N4O2. The second-order valence-corrected chi connectivity index (χ2v) is 6.45. The molecule has 1 amide bonds. The number of amides is 1. The molecule has 0 spiro atoms. The number of nitrogens with one attached hydrogen (secondary N) is 1. The van der Waals surface area contributed by atoms with Crippen LogP contribution in [0.25, 0.3) is 22.3 Å². The average Bonchev–Trinajstić information content (AvgIpc) is 2.73. The van der Waals surface area contributed by atoms with Gasteiger partial charge in [0, 0.05) is 29.6 Å². The summed E-state index contributed by atoms with van der Waals surface area (Å²) >= 11 is 0. The van der Waals surface area contributed by atoms with Crippen LogP contribution in [-0.2, 0) is 0 Å². The maximum absolute atomic E-state index is 11.5. The molecule has 0 bridgehead atoms. The largest absolute Gasteiger partial charge is 0.356 e. The second kappa shape index (κ2) is 7.09. The number of para-hydroxylation sites is 1. The lowest BCUT2D eigenvalue weighted by Gasteiger charge is -2.29. The van der Waals surface area contributed by atoms with Gasteiger partial charge >= 0.3 is 0 Å². The van der Waals surface area contributed by atoms with E-state index in [4.69, 9.17) is 15.2 Å². The average molecular weight is 348 g/mol. The number of benzene rings is 2. The van der Waals surface area contributed by atoms with Gasteiger partial charge in [0.1, 0.15) is 5.82 Å². The summed E-state index contributed by atoms with van der Waals surface area (Å²) in [6.45, 7) is 2.02. The van der Waals surface area contributed by atoms with E-state index in [0.29, 0.717) is 11.4 Å². The van der Waals surface area contributed by atoms with Gasteiger partial charge in [0.05, 0.1) is 5.52 Å². The Hall–Kier alpha value is -2.99. The Bertz CT molecular complexity index is 934. The third-order valence-corrected chi connectivity index (χ3v) is 4.75. The Kier molecular flexibility index (Phi) is 4.50. The Balaban J connectivity index is 1.79. The quantitative estimate of drug-likeness (QED) is 0.560. The lowest BCUT2D eigenvalue weighted by atomic mass is 10.1. The Morgan fingerprint density at radius 2 is 1.69 bits per heavy atom. The molecule has 2 heterocycles. The van der Waals surface area contributed by atoms with Crippen molar-refractivity contribution in [3.63, 3.8) is 0 Å². The molecule has 1 aliphatic rings. The summed E-state index contributed by atoms with van der Waals surface area (Å²) in [5, 5.41) is 9.81. The summed E-state index contributed by atoms with van der Waals surface area (Å²) in [5.41, 5.74) is 3.77. The lowest BCUT2D eigenvalue weighted by Crippen LogP contribution is -2.30. The van der Waals surface area contributed by atoms with E-state index in [1.807, 2.05) is 18.2 Å². The summed E-state index contributed by atoms with van der Waals surface area (Å²) in [6.07, 6.45) is 3.62. The Morgan fingerprint density at radius 3 is 2.42 bits per heavy atom. The van der Waals surface area contributed by atoms with Crippen LogP contribution in [0, 0.1) is 0 Å². The molecule has 0 atom stereocenters. The van der Waals surface area contributed by atoms with Crippen molar-refractivity contribution in [2.45, 2.75) is 19.3 Å².